The summed E-state index contributed by atoms with van der Waals surface area (Å²) in [5.74, 6) is 0.334. The lowest BCUT2D eigenvalue weighted by Crippen LogP contribution is -2.21. The van der Waals surface area contributed by atoms with E-state index in [1.165, 1.54) is 0 Å². The van der Waals surface area contributed by atoms with E-state index in [9.17, 15) is 5.11 Å². The van der Waals surface area contributed by atoms with Gasteiger partial charge >= 0.3 is 0 Å². The normalized spacial score (nSPS) is 27.2. The first kappa shape index (κ1) is 12.8. The molecular weight excluding hydrogens is 363 g/mol. The number of imidazole rings is 1. The lowest BCUT2D eigenvalue weighted by Gasteiger charge is -2.13. The average Bonchev–Trinajstić information content (AvgIpc) is 2.92. The molecule has 1 aliphatic heterocycles. The minimum Gasteiger partial charge on any atom is -0.390 e. The van der Waals surface area contributed by atoms with E-state index < -0.39 is 6.10 Å². The van der Waals surface area contributed by atoms with E-state index in [0.717, 1.165) is 4.43 Å². The first-order valence-electron chi connectivity index (χ1n) is 5.75. The number of halogens is 1. The molecule has 1 fully saturated rings. The summed E-state index contributed by atoms with van der Waals surface area (Å²) >= 11 is 2.19. The van der Waals surface area contributed by atoms with Gasteiger partial charge < -0.3 is 21.3 Å². The number of ether oxygens (including phenoxy) is 1. The Bertz CT molecular complexity index is 617. The number of nitrogen functional groups attached to an aromatic ring is 2. The summed E-state index contributed by atoms with van der Waals surface area (Å²) in [5.41, 5.74) is 12.4. The predicted octanol–water partition coefficient (Wildman–Crippen LogP) is 0.0741. The third-order valence-electron chi connectivity index (χ3n) is 3.13. The van der Waals surface area contributed by atoms with Gasteiger partial charge in [0.15, 0.2) is 11.5 Å². The molecule has 2 aromatic rings. The van der Waals surface area contributed by atoms with Gasteiger partial charge in [0.05, 0.1) is 18.5 Å². The monoisotopic (exact) mass is 376 g/mol. The lowest BCUT2D eigenvalue weighted by atomic mass is 10.2. The van der Waals surface area contributed by atoms with Crippen molar-refractivity contribution in [3.63, 3.8) is 0 Å². The highest BCUT2D eigenvalue weighted by atomic mass is 127. The van der Waals surface area contributed by atoms with Crippen molar-refractivity contribution in [2.75, 3.05) is 15.9 Å². The molecule has 0 spiro atoms. The highest BCUT2D eigenvalue weighted by molar-refractivity contribution is 14.1. The largest absolute Gasteiger partial charge is 0.390 e. The molecule has 8 nitrogen and oxygen atoms in total. The molecule has 3 heterocycles. The van der Waals surface area contributed by atoms with E-state index >= 15 is 0 Å². The Morgan fingerprint density at radius 3 is 2.95 bits per heavy atom. The first-order valence-corrected chi connectivity index (χ1v) is 7.27. The number of aliphatic hydroxyl groups excluding tert-OH is 1. The van der Waals surface area contributed by atoms with Gasteiger partial charge in [-0.25, -0.2) is 4.98 Å². The molecule has 0 aliphatic carbocycles. The molecule has 0 unspecified atom stereocenters. The molecule has 0 aromatic carbocycles. The summed E-state index contributed by atoms with van der Waals surface area (Å²) in [5, 5.41) is 9.89. The maximum Gasteiger partial charge on any atom is 0.224 e. The van der Waals surface area contributed by atoms with Crippen LogP contribution in [0.15, 0.2) is 6.33 Å². The molecule has 19 heavy (non-hydrogen) atoms. The van der Waals surface area contributed by atoms with Crippen molar-refractivity contribution in [1.82, 2.24) is 19.5 Å². The SMILES string of the molecule is Nc1nc(N)c2ncn([C@@H]3C[C@H](O)[C@@H](CI)O3)c2n1. The van der Waals surface area contributed by atoms with Crippen molar-refractivity contribution >= 4 is 45.5 Å². The topological polar surface area (TPSA) is 125 Å². The van der Waals surface area contributed by atoms with E-state index in [2.05, 4.69) is 37.5 Å². The zero-order valence-corrected chi connectivity index (χ0v) is 12.1. The molecule has 102 valence electrons. The Balaban J connectivity index is 2.02. The van der Waals surface area contributed by atoms with Crippen molar-refractivity contribution in [3.8, 4) is 0 Å². The van der Waals surface area contributed by atoms with E-state index in [1.54, 1.807) is 10.9 Å². The van der Waals surface area contributed by atoms with Crippen LogP contribution in [0.3, 0.4) is 0 Å². The van der Waals surface area contributed by atoms with Gasteiger partial charge in [0.2, 0.25) is 5.95 Å². The highest BCUT2D eigenvalue weighted by Crippen LogP contribution is 2.32. The van der Waals surface area contributed by atoms with Crippen molar-refractivity contribution in [1.29, 1.82) is 0 Å². The van der Waals surface area contributed by atoms with E-state index in [4.69, 9.17) is 16.2 Å². The van der Waals surface area contributed by atoms with Crippen molar-refractivity contribution in [3.05, 3.63) is 6.33 Å². The Morgan fingerprint density at radius 2 is 2.26 bits per heavy atom. The first-order chi connectivity index (χ1) is 9.10. The van der Waals surface area contributed by atoms with Gasteiger partial charge in [-0.05, 0) is 0 Å². The summed E-state index contributed by atoms with van der Waals surface area (Å²) < 4.78 is 8.24. The van der Waals surface area contributed by atoms with E-state index in [0.29, 0.717) is 17.6 Å². The second kappa shape index (κ2) is 4.72. The number of aromatic nitrogens is 4. The zero-order chi connectivity index (χ0) is 13.6. The maximum atomic E-state index is 9.89. The predicted molar refractivity (Wildman–Crippen MR) is 77.6 cm³/mol. The average molecular weight is 376 g/mol. The molecule has 1 aliphatic rings. The maximum absolute atomic E-state index is 9.89. The van der Waals surface area contributed by atoms with Crippen LogP contribution >= 0.6 is 22.6 Å². The Hall–Kier alpha value is -1.20. The Kier molecular flexibility index (Phi) is 3.19. The molecule has 0 saturated carbocycles. The van der Waals surface area contributed by atoms with Crippen LogP contribution in [0.4, 0.5) is 11.8 Å². The number of nitrogens with two attached hydrogens (primary N) is 2. The summed E-state index contributed by atoms with van der Waals surface area (Å²) in [6.07, 6.45) is 1.09. The van der Waals surface area contributed by atoms with Crippen LogP contribution in [-0.2, 0) is 4.74 Å². The van der Waals surface area contributed by atoms with Gasteiger partial charge in [-0.3, -0.25) is 4.57 Å². The molecular formula is C10H13IN6O2. The zero-order valence-electron chi connectivity index (χ0n) is 9.90. The second-order valence-electron chi connectivity index (χ2n) is 4.38. The molecule has 1 saturated heterocycles. The van der Waals surface area contributed by atoms with Crippen LogP contribution in [0.1, 0.15) is 12.6 Å². The summed E-state index contributed by atoms with van der Waals surface area (Å²) in [6.45, 7) is 0. The quantitative estimate of drug-likeness (QED) is 0.501. The molecule has 0 radical (unpaired) electrons. The number of hydrogen-bond acceptors (Lipinski definition) is 7. The van der Waals surface area contributed by atoms with Crippen molar-refractivity contribution in [2.45, 2.75) is 24.9 Å². The molecule has 5 N–H and O–H groups in total. The molecule has 2 aromatic heterocycles. The third-order valence-corrected chi connectivity index (χ3v) is 4.00. The van der Waals surface area contributed by atoms with Gasteiger partial charge in [0.25, 0.3) is 0 Å². The number of alkyl halides is 1. The number of fused-ring (bicyclic) bond motifs is 1. The highest BCUT2D eigenvalue weighted by Gasteiger charge is 2.35. The van der Waals surface area contributed by atoms with Gasteiger partial charge in [-0.1, -0.05) is 22.6 Å². The van der Waals surface area contributed by atoms with E-state index in [1.807, 2.05) is 0 Å². The molecule has 9 heteroatoms. The molecule has 0 bridgehead atoms. The third kappa shape index (κ3) is 2.11. The smallest absolute Gasteiger partial charge is 0.224 e. The van der Waals surface area contributed by atoms with E-state index in [-0.39, 0.29) is 24.1 Å². The summed E-state index contributed by atoms with van der Waals surface area (Å²) in [7, 11) is 0. The fraction of sp³-hybridized carbons (Fsp3) is 0.500. The lowest BCUT2D eigenvalue weighted by molar-refractivity contribution is -0.00220. The fourth-order valence-corrected chi connectivity index (χ4v) is 2.99. The van der Waals surface area contributed by atoms with Crippen molar-refractivity contribution in [2.24, 2.45) is 0 Å². The Morgan fingerprint density at radius 1 is 1.47 bits per heavy atom. The van der Waals surface area contributed by atoms with Crippen LogP contribution in [0.2, 0.25) is 0 Å². The minimum atomic E-state index is -0.490. The number of hydrogen-bond donors (Lipinski definition) is 3. The van der Waals surface area contributed by atoms with Crippen LogP contribution in [0.25, 0.3) is 11.2 Å². The molecule has 0 amide bonds. The minimum absolute atomic E-state index is 0.0933. The summed E-state index contributed by atoms with van der Waals surface area (Å²) in [6, 6.07) is 0. The second-order valence-corrected chi connectivity index (χ2v) is 5.26. The molecule has 3 atom stereocenters. The van der Waals surface area contributed by atoms with Gasteiger partial charge in [-0.15, -0.1) is 0 Å². The Labute approximate surface area is 122 Å². The number of nitrogens with zero attached hydrogens (tertiary/aromatic N) is 4. The molecule has 3 rings (SSSR count). The number of aliphatic hydroxyl groups is 1. The van der Waals surface area contributed by atoms with Crippen LogP contribution in [0.5, 0.6) is 0 Å². The fourth-order valence-electron chi connectivity index (χ4n) is 2.19. The van der Waals surface area contributed by atoms with Gasteiger partial charge in [-0.2, -0.15) is 9.97 Å². The van der Waals surface area contributed by atoms with Crippen LogP contribution in [-0.4, -0.2) is 41.3 Å². The van der Waals surface area contributed by atoms with Gasteiger partial charge in [0, 0.05) is 10.8 Å². The number of anilines is 2. The summed E-state index contributed by atoms with van der Waals surface area (Å²) in [4.78, 5) is 12.2. The van der Waals surface area contributed by atoms with Crippen molar-refractivity contribution < 1.29 is 9.84 Å². The standard InChI is InChI=1S/C10H13IN6O2/c11-2-5-4(18)1-6(19-5)17-3-14-7-8(12)15-10(13)16-9(7)17/h3-6,18H,1-2H2,(H4,12,13,15,16)/t4-,5+,6-/m0/s1. The number of rotatable bonds is 2. The van der Waals surface area contributed by atoms with Gasteiger partial charge in [0.1, 0.15) is 11.7 Å². The van der Waals surface area contributed by atoms with Crippen LogP contribution < -0.4 is 11.5 Å². The van der Waals surface area contributed by atoms with Crippen LogP contribution in [0, 0.1) is 0 Å².